The Kier molecular flexibility index (Phi) is 8.22. The van der Waals surface area contributed by atoms with E-state index in [-0.39, 0.29) is 11.8 Å². The van der Waals surface area contributed by atoms with Gasteiger partial charge in [-0.3, -0.25) is 14.4 Å². The molecule has 37 heavy (non-hydrogen) atoms. The predicted molar refractivity (Wildman–Crippen MR) is 146 cm³/mol. The van der Waals surface area contributed by atoms with Crippen LogP contribution in [0, 0.1) is 0 Å². The van der Waals surface area contributed by atoms with Crippen molar-refractivity contribution in [1.82, 2.24) is 0 Å². The number of primary amides is 1. The van der Waals surface area contributed by atoms with E-state index in [9.17, 15) is 14.4 Å². The van der Waals surface area contributed by atoms with Crippen LogP contribution in [0.1, 0.15) is 31.5 Å². The van der Waals surface area contributed by atoms with E-state index in [1.807, 2.05) is 48.5 Å². The van der Waals surface area contributed by atoms with Gasteiger partial charge in [-0.05, 0) is 72.3 Å². The van der Waals surface area contributed by atoms with E-state index >= 15 is 0 Å². The van der Waals surface area contributed by atoms with Gasteiger partial charge in [-0.25, -0.2) is 0 Å². The highest BCUT2D eigenvalue weighted by Gasteiger charge is 2.22. The normalized spacial score (nSPS) is 11.3. The maximum Gasteiger partial charge on any atom is 0.255 e. The van der Waals surface area contributed by atoms with Gasteiger partial charge in [0.15, 0.2) is 0 Å². The molecule has 0 heterocycles. The van der Waals surface area contributed by atoms with Crippen LogP contribution in [0.4, 0.5) is 11.4 Å². The first-order valence-electron chi connectivity index (χ1n) is 11.4. The number of nitrogens with one attached hydrogen (secondary N) is 2. The number of hydrogen-bond donors (Lipinski definition) is 3. The molecule has 0 aromatic heterocycles. The SMILES string of the molecule is COc1ccc(C(=O)Nc2cccc(SC(C(=O)Nc3ccc(C(N)=O)cc3)c3ccccc3)c2)cc1. The molecule has 0 spiro atoms. The highest BCUT2D eigenvalue weighted by atomic mass is 32.2. The molecule has 7 nitrogen and oxygen atoms in total. The molecular weight excluding hydrogens is 486 g/mol. The Morgan fingerprint density at radius 2 is 1.43 bits per heavy atom. The van der Waals surface area contributed by atoms with Crippen LogP contribution in [-0.4, -0.2) is 24.8 Å². The Labute approximate surface area is 219 Å². The van der Waals surface area contributed by atoms with Crippen molar-refractivity contribution < 1.29 is 19.1 Å². The third kappa shape index (κ3) is 6.77. The zero-order valence-electron chi connectivity index (χ0n) is 20.0. The van der Waals surface area contributed by atoms with E-state index in [0.717, 1.165) is 10.5 Å². The molecule has 3 amide bonds. The minimum atomic E-state index is -0.565. The molecule has 0 saturated heterocycles. The summed E-state index contributed by atoms with van der Waals surface area (Å²) in [5, 5.41) is 5.25. The lowest BCUT2D eigenvalue weighted by Crippen LogP contribution is -2.19. The fraction of sp³-hybridized carbons (Fsp3) is 0.0690. The van der Waals surface area contributed by atoms with E-state index in [2.05, 4.69) is 10.6 Å². The molecule has 1 unspecified atom stereocenters. The fourth-order valence-electron chi connectivity index (χ4n) is 3.56. The molecular formula is C29H25N3O4S. The Morgan fingerprint density at radius 1 is 0.757 bits per heavy atom. The zero-order chi connectivity index (χ0) is 26.2. The van der Waals surface area contributed by atoms with E-state index in [4.69, 9.17) is 10.5 Å². The number of hydrogen-bond acceptors (Lipinski definition) is 5. The molecule has 8 heteroatoms. The summed E-state index contributed by atoms with van der Waals surface area (Å²) in [6.07, 6.45) is 0. The van der Waals surface area contributed by atoms with Gasteiger partial charge in [0, 0.05) is 27.4 Å². The first-order valence-corrected chi connectivity index (χ1v) is 12.3. The summed E-state index contributed by atoms with van der Waals surface area (Å²) < 4.78 is 5.14. The number of carbonyl (C=O) groups is 3. The van der Waals surface area contributed by atoms with Crippen LogP contribution >= 0.6 is 11.8 Å². The summed E-state index contributed by atoms with van der Waals surface area (Å²) in [5.41, 5.74) is 8.15. The van der Waals surface area contributed by atoms with Gasteiger partial charge in [0.1, 0.15) is 11.0 Å². The van der Waals surface area contributed by atoms with Crippen molar-refractivity contribution in [3.63, 3.8) is 0 Å². The number of rotatable bonds is 9. The van der Waals surface area contributed by atoms with Crippen LogP contribution in [0.5, 0.6) is 5.75 Å². The summed E-state index contributed by atoms with van der Waals surface area (Å²) in [6.45, 7) is 0. The molecule has 4 aromatic rings. The van der Waals surface area contributed by atoms with Gasteiger partial charge < -0.3 is 21.1 Å². The third-order valence-electron chi connectivity index (χ3n) is 5.48. The number of nitrogens with two attached hydrogens (primary N) is 1. The lowest BCUT2D eigenvalue weighted by molar-refractivity contribution is -0.115. The molecule has 0 aliphatic rings. The lowest BCUT2D eigenvalue weighted by atomic mass is 10.1. The first kappa shape index (κ1) is 25.5. The molecule has 4 rings (SSSR count). The highest BCUT2D eigenvalue weighted by Crippen LogP contribution is 2.37. The molecule has 0 radical (unpaired) electrons. The minimum absolute atomic E-state index is 0.226. The Balaban J connectivity index is 1.51. The molecule has 0 saturated carbocycles. The largest absolute Gasteiger partial charge is 0.497 e. The molecule has 0 aliphatic heterocycles. The number of thioether (sulfide) groups is 1. The van der Waals surface area contributed by atoms with Crippen molar-refractivity contribution in [1.29, 1.82) is 0 Å². The standard InChI is InChI=1S/C29H25N3O4S/c1-36-24-16-12-21(13-17-24)28(34)32-23-8-5-9-25(18-23)37-26(19-6-3-2-4-7-19)29(35)31-22-14-10-20(11-15-22)27(30)33/h2-18,26H,1H3,(H2,30,33)(H,31,35)(H,32,34). The maximum atomic E-state index is 13.3. The van der Waals surface area contributed by atoms with Crippen molar-refractivity contribution >= 4 is 40.9 Å². The first-order chi connectivity index (χ1) is 17.9. The summed E-state index contributed by atoms with van der Waals surface area (Å²) in [5.74, 6) is -0.337. The van der Waals surface area contributed by atoms with Gasteiger partial charge in [0.25, 0.3) is 5.91 Å². The average molecular weight is 512 g/mol. The van der Waals surface area contributed by atoms with Gasteiger partial charge >= 0.3 is 0 Å². The molecule has 4 N–H and O–H groups in total. The number of benzene rings is 4. The molecule has 0 aliphatic carbocycles. The summed E-state index contributed by atoms with van der Waals surface area (Å²) in [4.78, 5) is 38.2. The number of anilines is 2. The quantitative estimate of drug-likeness (QED) is 0.256. The number of amides is 3. The second-order valence-electron chi connectivity index (χ2n) is 8.05. The summed E-state index contributed by atoms with van der Waals surface area (Å²) >= 11 is 1.37. The Bertz CT molecular complexity index is 1390. The zero-order valence-corrected chi connectivity index (χ0v) is 20.8. The second kappa shape index (κ2) is 11.9. The van der Waals surface area contributed by atoms with Gasteiger partial charge in [0.2, 0.25) is 11.8 Å². The van der Waals surface area contributed by atoms with Crippen LogP contribution in [0.15, 0.2) is 108 Å². The summed E-state index contributed by atoms with van der Waals surface area (Å²) in [6, 6.07) is 30.0. The van der Waals surface area contributed by atoms with Crippen LogP contribution in [0.2, 0.25) is 0 Å². The van der Waals surface area contributed by atoms with E-state index in [1.54, 1.807) is 61.7 Å². The van der Waals surface area contributed by atoms with E-state index in [0.29, 0.717) is 28.3 Å². The average Bonchev–Trinajstić information content (AvgIpc) is 2.92. The van der Waals surface area contributed by atoms with Crippen molar-refractivity contribution in [2.24, 2.45) is 5.73 Å². The van der Waals surface area contributed by atoms with Crippen LogP contribution in [0.3, 0.4) is 0 Å². The van der Waals surface area contributed by atoms with Crippen molar-refractivity contribution in [3.8, 4) is 5.75 Å². The molecule has 0 fully saturated rings. The molecule has 0 bridgehead atoms. The van der Waals surface area contributed by atoms with Gasteiger partial charge in [-0.2, -0.15) is 0 Å². The van der Waals surface area contributed by atoms with Gasteiger partial charge in [-0.1, -0.05) is 36.4 Å². The molecule has 186 valence electrons. The molecule has 4 aromatic carbocycles. The second-order valence-corrected chi connectivity index (χ2v) is 9.23. The number of methoxy groups -OCH3 is 1. The fourth-order valence-corrected chi connectivity index (χ4v) is 4.64. The van der Waals surface area contributed by atoms with Crippen molar-refractivity contribution in [3.05, 3.63) is 120 Å². The number of carbonyl (C=O) groups excluding carboxylic acids is 3. The third-order valence-corrected chi connectivity index (χ3v) is 6.72. The van der Waals surface area contributed by atoms with Crippen molar-refractivity contribution in [2.75, 3.05) is 17.7 Å². The van der Waals surface area contributed by atoms with Gasteiger partial charge in [0.05, 0.1) is 7.11 Å². The minimum Gasteiger partial charge on any atom is -0.497 e. The molecule has 1 atom stereocenters. The maximum absolute atomic E-state index is 13.3. The van der Waals surface area contributed by atoms with Crippen LogP contribution in [0.25, 0.3) is 0 Å². The smallest absolute Gasteiger partial charge is 0.255 e. The van der Waals surface area contributed by atoms with Crippen LogP contribution < -0.4 is 21.1 Å². The van der Waals surface area contributed by atoms with E-state index < -0.39 is 11.2 Å². The van der Waals surface area contributed by atoms with E-state index in [1.165, 1.54) is 11.8 Å². The Hall–Kier alpha value is -4.56. The monoisotopic (exact) mass is 511 g/mol. The lowest BCUT2D eigenvalue weighted by Gasteiger charge is -2.18. The number of ether oxygens (including phenoxy) is 1. The van der Waals surface area contributed by atoms with Gasteiger partial charge in [-0.15, -0.1) is 11.8 Å². The topological polar surface area (TPSA) is 111 Å². The predicted octanol–water partition coefficient (Wildman–Crippen LogP) is 5.52. The highest BCUT2D eigenvalue weighted by molar-refractivity contribution is 8.00. The summed E-state index contributed by atoms with van der Waals surface area (Å²) in [7, 11) is 1.57. The van der Waals surface area contributed by atoms with Crippen molar-refractivity contribution in [2.45, 2.75) is 10.1 Å². The Morgan fingerprint density at radius 3 is 2.08 bits per heavy atom. The van der Waals surface area contributed by atoms with Crippen LogP contribution in [-0.2, 0) is 4.79 Å².